The molecule has 1 fully saturated rings. The van der Waals surface area contributed by atoms with Gasteiger partial charge in [0.1, 0.15) is 24.1 Å². The van der Waals surface area contributed by atoms with Crippen LogP contribution in [-0.2, 0) is 47.5 Å². The van der Waals surface area contributed by atoms with Crippen LogP contribution in [0.5, 0.6) is 5.75 Å². The van der Waals surface area contributed by atoms with Crippen LogP contribution in [0.4, 0.5) is 10.9 Å². The summed E-state index contributed by atoms with van der Waals surface area (Å²) in [4.78, 5) is 46.8. The number of hydrogen-bond acceptors (Lipinski definition) is 15. The first-order valence-corrected chi connectivity index (χ1v) is 16.0. The first-order valence-electron chi connectivity index (χ1n) is 13.8. The number of amides is 2. The zero-order chi connectivity index (χ0) is 34.7. The number of aryl methyl sites for hydroxylation is 1. The number of β-lactam (4-membered cyclic amide) rings is 1. The lowest BCUT2D eigenvalue weighted by atomic mass is 9.84. The maximum atomic E-state index is 13.2. The van der Waals surface area contributed by atoms with Crippen LogP contribution in [0.1, 0.15) is 26.0 Å². The number of carbonyl (C=O) groups excluding carboxylic acids is 2. The Kier molecular flexibility index (Phi) is 10.3. The van der Waals surface area contributed by atoms with Crippen molar-refractivity contribution < 1.29 is 51.0 Å². The second-order valence-electron chi connectivity index (χ2n) is 10.7. The molecule has 2 atom stereocenters. The second-order valence-corrected chi connectivity index (χ2v) is 12.6. The van der Waals surface area contributed by atoms with Crippen LogP contribution >= 0.6 is 11.3 Å². The molecule has 0 bridgehead atoms. The third-order valence-electron chi connectivity index (χ3n) is 7.04. The SMILES string of the molecule is C[n+]1cc(-c2ccc(OCC(O/N=C(\C(=O)N[C@@H]3C(=O)N(OS(=O)(=O)[O-])C3(C)C)c3csc(N)n3)C(=O)O)cc2)c(N)n1CCCN. The Bertz CT molecular complexity index is 1790. The van der Waals surface area contributed by atoms with Gasteiger partial charge in [-0.25, -0.2) is 18.2 Å². The number of hydrogen-bond donors (Lipinski definition) is 5. The Morgan fingerprint density at radius 1 is 1.28 bits per heavy atom. The lowest BCUT2D eigenvalue weighted by molar-refractivity contribution is -0.752. The standard InChI is InChI=1S/C26H33N9O10S2/c1-26(2)20(23(37)35(26)45-47(40,41)42)31-22(36)19(17-13-46-25(29)30-17)32-44-18(24(38)39)12-43-15-7-5-14(6-8-15)16-11-33(3)34(21(16)28)10-4-9-27/h5-8,11,13,18,20,28H,4,9-10,12,27H2,1-3H3,(H5,29,30,31,36,38,39,40,41,42)/b32-19-/t18?,20-/m1/s1. The van der Waals surface area contributed by atoms with Crippen LogP contribution in [0.2, 0.25) is 0 Å². The van der Waals surface area contributed by atoms with Gasteiger partial charge >= 0.3 is 5.97 Å². The lowest BCUT2D eigenvalue weighted by Crippen LogP contribution is -2.76. The average molecular weight is 696 g/mol. The van der Waals surface area contributed by atoms with Gasteiger partial charge in [0.05, 0.1) is 17.6 Å². The smallest absolute Gasteiger partial charge is 0.351 e. The summed E-state index contributed by atoms with van der Waals surface area (Å²) < 4.78 is 46.5. The number of thiazole rings is 1. The summed E-state index contributed by atoms with van der Waals surface area (Å²) in [7, 11) is -3.41. The van der Waals surface area contributed by atoms with Crippen molar-refractivity contribution in [1.82, 2.24) is 20.0 Å². The lowest BCUT2D eigenvalue weighted by Gasteiger charge is -2.51. The molecule has 1 aliphatic heterocycles. The highest BCUT2D eigenvalue weighted by Crippen LogP contribution is 2.33. The molecule has 2 amide bonds. The van der Waals surface area contributed by atoms with Crippen molar-refractivity contribution >= 4 is 56.2 Å². The molecule has 1 aliphatic rings. The van der Waals surface area contributed by atoms with Gasteiger partial charge in [0.25, 0.3) is 17.9 Å². The molecule has 19 nitrogen and oxygen atoms in total. The second kappa shape index (κ2) is 13.9. The normalized spacial score (nSPS) is 16.8. The van der Waals surface area contributed by atoms with Gasteiger partial charge in [0.15, 0.2) is 23.7 Å². The Morgan fingerprint density at radius 3 is 2.51 bits per heavy atom. The highest BCUT2D eigenvalue weighted by molar-refractivity contribution is 7.80. The van der Waals surface area contributed by atoms with Crippen LogP contribution in [0.15, 0.2) is 41.0 Å². The Hall–Kier alpha value is -4.83. The number of carbonyl (C=O) groups is 3. The number of anilines is 2. The van der Waals surface area contributed by atoms with E-state index in [2.05, 4.69) is 19.7 Å². The number of carboxylic acids is 1. The number of ether oxygens (including phenoxy) is 1. The zero-order valence-electron chi connectivity index (χ0n) is 25.4. The fraction of sp³-hybridized carbons (Fsp3) is 0.385. The number of nitrogens with one attached hydrogen (secondary N) is 1. The van der Waals surface area contributed by atoms with Gasteiger partial charge in [0.2, 0.25) is 16.6 Å². The molecule has 0 radical (unpaired) electrons. The Balaban J connectivity index is 1.46. The topological polar surface area (TPSA) is 284 Å². The molecular weight excluding hydrogens is 662 g/mol. The zero-order valence-corrected chi connectivity index (χ0v) is 27.0. The molecule has 0 saturated carbocycles. The van der Waals surface area contributed by atoms with E-state index in [1.165, 1.54) is 19.2 Å². The average Bonchev–Trinajstić information content (AvgIpc) is 3.56. The highest BCUT2D eigenvalue weighted by Gasteiger charge is 2.57. The quantitative estimate of drug-likeness (QED) is 0.0309. The van der Waals surface area contributed by atoms with E-state index < -0.39 is 58.2 Å². The maximum Gasteiger partial charge on any atom is 0.351 e. The van der Waals surface area contributed by atoms with E-state index in [0.717, 1.165) is 28.9 Å². The van der Waals surface area contributed by atoms with Crippen LogP contribution in [0, 0.1) is 0 Å². The number of nitrogens with zero attached hydrogens (tertiary/aromatic N) is 5. The van der Waals surface area contributed by atoms with E-state index in [1.807, 2.05) is 22.6 Å². The van der Waals surface area contributed by atoms with Crippen molar-refractivity contribution in [2.45, 2.75) is 44.5 Å². The van der Waals surface area contributed by atoms with Gasteiger partial charge < -0.3 is 41.8 Å². The molecule has 1 aromatic carbocycles. The Morgan fingerprint density at radius 2 is 1.96 bits per heavy atom. The summed E-state index contributed by atoms with van der Waals surface area (Å²) in [6.07, 6.45) is 0.928. The molecule has 8 N–H and O–H groups in total. The summed E-state index contributed by atoms with van der Waals surface area (Å²) in [5.74, 6) is -2.69. The van der Waals surface area contributed by atoms with Gasteiger partial charge in [-0.15, -0.1) is 20.7 Å². The number of nitrogen functional groups attached to an aromatic ring is 2. The molecule has 1 unspecified atom stereocenters. The van der Waals surface area contributed by atoms with Crippen molar-refractivity contribution in [1.29, 1.82) is 0 Å². The van der Waals surface area contributed by atoms with E-state index in [9.17, 15) is 32.5 Å². The van der Waals surface area contributed by atoms with Gasteiger partial charge in [0, 0.05) is 5.38 Å². The Labute approximate surface area is 272 Å². The monoisotopic (exact) mass is 695 g/mol. The third-order valence-corrected chi connectivity index (χ3v) is 8.04. The van der Waals surface area contributed by atoms with Crippen molar-refractivity contribution in [2.75, 3.05) is 24.6 Å². The van der Waals surface area contributed by atoms with Gasteiger partial charge in [-0.3, -0.25) is 9.59 Å². The minimum absolute atomic E-state index is 0.0463. The minimum Gasteiger partial charge on any atom is -0.724 e. The summed E-state index contributed by atoms with van der Waals surface area (Å²) >= 11 is 0.947. The van der Waals surface area contributed by atoms with Gasteiger partial charge in [-0.05, 0) is 44.5 Å². The third kappa shape index (κ3) is 7.94. The maximum absolute atomic E-state index is 13.2. The molecule has 0 spiro atoms. The molecule has 2 aromatic heterocycles. The number of aliphatic carboxylic acids is 1. The summed E-state index contributed by atoms with van der Waals surface area (Å²) in [6, 6.07) is 5.38. The molecule has 3 heterocycles. The largest absolute Gasteiger partial charge is 0.724 e. The summed E-state index contributed by atoms with van der Waals surface area (Å²) in [5, 5.41) is 17.5. The van der Waals surface area contributed by atoms with Gasteiger partial charge in [-0.1, -0.05) is 17.3 Å². The van der Waals surface area contributed by atoms with E-state index in [-0.39, 0.29) is 10.8 Å². The number of nitrogens with two attached hydrogens (primary N) is 3. The number of hydroxylamine groups is 2. The van der Waals surface area contributed by atoms with Crippen molar-refractivity contribution in [3.8, 4) is 16.9 Å². The molecule has 1 saturated heterocycles. The first-order chi connectivity index (χ1) is 22.0. The van der Waals surface area contributed by atoms with Crippen LogP contribution < -0.4 is 31.9 Å². The highest BCUT2D eigenvalue weighted by atomic mass is 32.3. The van der Waals surface area contributed by atoms with Crippen LogP contribution in [0.3, 0.4) is 0 Å². The summed E-state index contributed by atoms with van der Waals surface area (Å²) in [6.45, 7) is 3.31. The minimum atomic E-state index is -5.27. The number of benzene rings is 1. The van der Waals surface area contributed by atoms with E-state index in [0.29, 0.717) is 29.7 Å². The fourth-order valence-electron chi connectivity index (χ4n) is 4.56. The van der Waals surface area contributed by atoms with E-state index >= 15 is 0 Å². The van der Waals surface area contributed by atoms with E-state index in [4.69, 9.17) is 26.8 Å². The number of carboxylic acid groups (broad SMARTS) is 1. The molecular formula is C26H33N9O10S2. The predicted octanol–water partition coefficient (Wildman–Crippen LogP) is -1.30. The fourth-order valence-corrected chi connectivity index (χ4v) is 5.55. The molecule has 21 heteroatoms. The molecule has 3 aromatic rings. The van der Waals surface area contributed by atoms with Gasteiger partial charge in [-0.2, -0.15) is 9.35 Å². The summed E-state index contributed by atoms with van der Waals surface area (Å²) in [5.41, 5.74) is 17.1. The molecule has 0 aliphatic carbocycles. The first kappa shape index (κ1) is 35.0. The van der Waals surface area contributed by atoms with Crippen LogP contribution in [0.25, 0.3) is 11.1 Å². The molecule has 4 rings (SSSR count). The predicted molar refractivity (Wildman–Crippen MR) is 164 cm³/mol. The van der Waals surface area contributed by atoms with E-state index in [1.54, 1.807) is 24.3 Å². The van der Waals surface area contributed by atoms with Crippen molar-refractivity contribution in [2.24, 2.45) is 17.9 Å². The molecule has 254 valence electrons. The number of oxime groups is 1. The molecule has 47 heavy (non-hydrogen) atoms. The van der Waals surface area contributed by atoms with Crippen molar-refractivity contribution in [3.05, 3.63) is 41.5 Å². The number of rotatable bonds is 15. The van der Waals surface area contributed by atoms with Crippen LogP contribution in [-0.4, -0.2) is 87.1 Å². The number of aromatic nitrogens is 3. The van der Waals surface area contributed by atoms with Crippen molar-refractivity contribution in [3.63, 3.8) is 0 Å².